The molecule has 0 bridgehead atoms. The van der Waals surface area contributed by atoms with Gasteiger partial charge in [0.05, 0.1) is 24.3 Å². The minimum absolute atomic E-state index is 0.0926. The summed E-state index contributed by atoms with van der Waals surface area (Å²) in [6, 6.07) is 7.59. The number of rotatable bonds is 3. The molecule has 26 heavy (non-hydrogen) atoms. The number of nitrogens with zero attached hydrogens (tertiary/aromatic N) is 6. The van der Waals surface area contributed by atoms with Gasteiger partial charge in [0, 0.05) is 25.5 Å². The topological polar surface area (TPSA) is 88.8 Å². The van der Waals surface area contributed by atoms with Crippen LogP contribution in [0.5, 0.6) is 0 Å². The molecular weight excluding hydrogens is 330 g/mol. The van der Waals surface area contributed by atoms with Crippen LogP contribution in [0.2, 0.25) is 0 Å². The number of carbonyl (C=O) groups excluding carboxylic acids is 1. The summed E-state index contributed by atoms with van der Waals surface area (Å²) in [5.74, 6) is 1.09. The molecule has 0 atom stereocenters. The maximum absolute atomic E-state index is 12.5. The first-order valence-corrected chi connectivity index (χ1v) is 8.58. The molecule has 8 heteroatoms. The van der Waals surface area contributed by atoms with E-state index in [4.69, 9.17) is 0 Å². The lowest BCUT2D eigenvalue weighted by Crippen LogP contribution is -2.40. The van der Waals surface area contributed by atoms with Gasteiger partial charge in [-0.3, -0.25) is 4.98 Å². The summed E-state index contributed by atoms with van der Waals surface area (Å²) >= 11 is 0. The Labute approximate surface area is 150 Å². The van der Waals surface area contributed by atoms with E-state index in [-0.39, 0.29) is 6.03 Å². The Bertz CT molecular complexity index is 841. The van der Waals surface area contributed by atoms with Crippen LogP contribution in [0, 0.1) is 0 Å². The fourth-order valence-corrected chi connectivity index (χ4v) is 3.17. The van der Waals surface area contributed by atoms with Gasteiger partial charge in [0.25, 0.3) is 0 Å². The maximum Gasteiger partial charge on any atom is 0.321 e. The highest BCUT2D eigenvalue weighted by molar-refractivity contribution is 5.89. The Hall–Kier alpha value is -3.29. The zero-order chi connectivity index (χ0) is 17.8. The molecule has 3 aromatic heterocycles. The number of nitrogens with one attached hydrogen (secondary N) is 1. The molecule has 4 rings (SSSR count). The number of amides is 2. The van der Waals surface area contributed by atoms with Gasteiger partial charge in [0.15, 0.2) is 5.82 Å². The minimum atomic E-state index is -0.0926. The first-order chi connectivity index (χ1) is 12.8. The summed E-state index contributed by atoms with van der Waals surface area (Å²) in [5, 5.41) is 11.0. The maximum atomic E-state index is 12.5. The fourth-order valence-electron chi connectivity index (χ4n) is 3.17. The highest BCUT2D eigenvalue weighted by Crippen LogP contribution is 2.27. The van der Waals surface area contributed by atoms with Crippen molar-refractivity contribution in [2.24, 2.45) is 0 Å². The van der Waals surface area contributed by atoms with Crippen molar-refractivity contribution >= 4 is 11.7 Å². The second-order valence-corrected chi connectivity index (χ2v) is 6.20. The van der Waals surface area contributed by atoms with Crippen molar-refractivity contribution < 1.29 is 4.79 Å². The van der Waals surface area contributed by atoms with Gasteiger partial charge in [-0.2, -0.15) is 10.2 Å². The van der Waals surface area contributed by atoms with E-state index in [1.54, 1.807) is 30.7 Å². The highest BCUT2D eigenvalue weighted by atomic mass is 16.2. The molecule has 0 aromatic carbocycles. The molecule has 0 unspecified atom stereocenters. The quantitative estimate of drug-likeness (QED) is 0.785. The first kappa shape index (κ1) is 16.2. The summed E-state index contributed by atoms with van der Waals surface area (Å²) in [5.41, 5.74) is 1.95. The lowest BCUT2D eigenvalue weighted by atomic mass is 9.90. The van der Waals surface area contributed by atoms with Crippen LogP contribution >= 0.6 is 0 Å². The van der Waals surface area contributed by atoms with Crippen molar-refractivity contribution in [3.63, 3.8) is 0 Å². The molecule has 0 saturated carbocycles. The van der Waals surface area contributed by atoms with Gasteiger partial charge < -0.3 is 10.2 Å². The molecule has 1 N–H and O–H groups in total. The smallest absolute Gasteiger partial charge is 0.321 e. The summed E-state index contributed by atoms with van der Waals surface area (Å²) in [6.07, 6.45) is 10.4. The van der Waals surface area contributed by atoms with Crippen molar-refractivity contribution in [3.8, 4) is 5.82 Å². The van der Waals surface area contributed by atoms with Crippen molar-refractivity contribution in [2.45, 2.75) is 18.8 Å². The second-order valence-electron chi connectivity index (χ2n) is 6.20. The zero-order valence-corrected chi connectivity index (χ0v) is 14.2. The summed E-state index contributed by atoms with van der Waals surface area (Å²) in [7, 11) is 0. The molecule has 3 aromatic rings. The average Bonchev–Trinajstić information content (AvgIpc) is 3.24. The Balaban J connectivity index is 1.33. The number of likely N-dealkylation sites (tertiary alicyclic amines) is 1. The molecule has 1 aliphatic heterocycles. The van der Waals surface area contributed by atoms with E-state index in [1.807, 2.05) is 17.3 Å². The Morgan fingerprint density at radius 3 is 2.38 bits per heavy atom. The van der Waals surface area contributed by atoms with Crippen LogP contribution in [0.25, 0.3) is 5.82 Å². The number of carbonyl (C=O) groups is 1. The zero-order valence-electron chi connectivity index (χ0n) is 14.2. The molecule has 1 aliphatic rings. The highest BCUT2D eigenvalue weighted by Gasteiger charge is 2.23. The van der Waals surface area contributed by atoms with E-state index >= 15 is 0 Å². The van der Waals surface area contributed by atoms with Crippen LogP contribution < -0.4 is 5.32 Å². The number of aromatic nitrogens is 5. The molecule has 0 spiro atoms. The summed E-state index contributed by atoms with van der Waals surface area (Å²) < 4.78 is 0. The molecule has 8 nitrogen and oxygen atoms in total. The van der Waals surface area contributed by atoms with Gasteiger partial charge >= 0.3 is 6.03 Å². The van der Waals surface area contributed by atoms with E-state index in [2.05, 4.69) is 37.6 Å². The van der Waals surface area contributed by atoms with Crippen LogP contribution in [-0.4, -0.2) is 49.0 Å². The van der Waals surface area contributed by atoms with Gasteiger partial charge in [-0.1, -0.05) is 0 Å². The van der Waals surface area contributed by atoms with E-state index < -0.39 is 0 Å². The normalized spacial score (nSPS) is 15.0. The number of piperidine rings is 1. The second kappa shape index (κ2) is 7.30. The van der Waals surface area contributed by atoms with Crippen LogP contribution in [0.4, 0.5) is 10.5 Å². The SMILES string of the molecule is O=C(Nc1ccc(-n2nccn2)nc1)N1CCC(c2ccncc2)CC1. The number of anilines is 1. The number of pyridine rings is 2. The number of hydrogen-bond donors (Lipinski definition) is 1. The molecular formula is C18H19N7O. The third kappa shape index (κ3) is 3.53. The third-order valence-corrected chi connectivity index (χ3v) is 4.58. The summed E-state index contributed by atoms with van der Waals surface area (Å²) in [4.78, 5) is 24.1. The first-order valence-electron chi connectivity index (χ1n) is 8.58. The standard InChI is InChI=1S/C18H19N7O/c26-18(23-16-1-2-17(20-13-16)25-21-9-10-22-25)24-11-5-15(6-12-24)14-3-7-19-8-4-14/h1-4,7-10,13,15H,5-6,11-12H2,(H,23,26). The largest absolute Gasteiger partial charge is 0.324 e. The minimum Gasteiger partial charge on any atom is -0.324 e. The Morgan fingerprint density at radius 2 is 1.73 bits per heavy atom. The van der Waals surface area contributed by atoms with Gasteiger partial charge in [-0.05, 0) is 48.6 Å². The van der Waals surface area contributed by atoms with Crippen LogP contribution in [0.3, 0.4) is 0 Å². The van der Waals surface area contributed by atoms with Crippen LogP contribution in [0.1, 0.15) is 24.3 Å². The molecule has 0 aliphatic carbocycles. The molecule has 0 radical (unpaired) electrons. The van der Waals surface area contributed by atoms with Gasteiger partial charge in [-0.25, -0.2) is 9.78 Å². The predicted octanol–water partition coefficient (Wildman–Crippen LogP) is 2.47. The van der Waals surface area contributed by atoms with E-state index in [0.717, 1.165) is 25.9 Å². The lowest BCUT2D eigenvalue weighted by Gasteiger charge is -2.32. The molecule has 4 heterocycles. The Morgan fingerprint density at radius 1 is 1.00 bits per heavy atom. The van der Waals surface area contributed by atoms with E-state index in [9.17, 15) is 4.79 Å². The average molecular weight is 349 g/mol. The van der Waals surface area contributed by atoms with Crippen molar-refractivity contribution in [1.82, 2.24) is 29.9 Å². The van der Waals surface area contributed by atoms with Gasteiger partial charge in [0.2, 0.25) is 0 Å². The predicted molar refractivity (Wildman–Crippen MR) is 96.0 cm³/mol. The number of hydrogen-bond acceptors (Lipinski definition) is 5. The fraction of sp³-hybridized carbons (Fsp3) is 0.278. The number of urea groups is 1. The molecule has 2 amide bonds. The van der Waals surface area contributed by atoms with E-state index in [0.29, 0.717) is 17.4 Å². The third-order valence-electron chi connectivity index (χ3n) is 4.58. The van der Waals surface area contributed by atoms with Crippen molar-refractivity contribution in [2.75, 3.05) is 18.4 Å². The monoisotopic (exact) mass is 349 g/mol. The van der Waals surface area contributed by atoms with Crippen molar-refractivity contribution in [1.29, 1.82) is 0 Å². The summed E-state index contributed by atoms with van der Waals surface area (Å²) in [6.45, 7) is 1.48. The molecule has 1 fully saturated rings. The van der Waals surface area contributed by atoms with Gasteiger partial charge in [0.1, 0.15) is 0 Å². The lowest BCUT2D eigenvalue weighted by molar-refractivity contribution is 0.194. The molecule has 1 saturated heterocycles. The Kier molecular flexibility index (Phi) is 4.55. The van der Waals surface area contributed by atoms with E-state index in [1.165, 1.54) is 10.4 Å². The van der Waals surface area contributed by atoms with Crippen LogP contribution in [0.15, 0.2) is 55.2 Å². The van der Waals surface area contributed by atoms with Crippen LogP contribution in [-0.2, 0) is 0 Å². The van der Waals surface area contributed by atoms with Gasteiger partial charge in [-0.15, -0.1) is 4.80 Å². The molecule has 132 valence electrons. The van der Waals surface area contributed by atoms with Crippen molar-refractivity contribution in [3.05, 3.63) is 60.8 Å².